The Morgan fingerprint density at radius 3 is 2.50 bits per heavy atom. The average Bonchev–Trinajstić information content (AvgIpc) is 2.39. The van der Waals surface area contributed by atoms with Crippen molar-refractivity contribution in [2.75, 3.05) is 11.8 Å². The van der Waals surface area contributed by atoms with E-state index in [-0.39, 0.29) is 17.5 Å². The number of rotatable bonds is 5. The first kappa shape index (κ1) is 14.8. The van der Waals surface area contributed by atoms with Gasteiger partial charge in [-0.05, 0) is 17.7 Å². The molecule has 0 aliphatic carbocycles. The van der Waals surface area contributed by atoms with Gasteiger partial charge in [0.1, 0.15) is 11.0 Å². The maximum absolute atomic E-state index is 12.1. The third kappa shape index (κ3) is 3.93. The van der Waals surface area contributed by atoms with Gasteiger partial charge in [-0.25, -0.2) is 4.98 Å². The number of nitrogens with zero attached hydrogens (tertiary/aromatic N) is 2. The van der Waals surface area contributed by atoms with Gasteiger partial charge in [-0.1, -0.05) is 48.0 Å². The molecular weight excluding hydrogens is 298 g/mol. The lowest BCUT2D eigenvalue weighted by molar-refractivity contribution is 0.471. The molecule has 1 aromatic carbocycles. The van der Waals surface area contributed by atoms with Crippen molar-refractivity contribution in [1.82, 2.24) is 9.29 Å². The lowest BCUT2D eigenvalue weighted by Crippen LogP contribution is -2.32. The summed E-state index contributed by atoms with van der Waals surface area (Å²) < 4.78 is 27.9. The zero-order chi connectivity index (χ0) is 14.6. The molecule has 1 N–H and O–H groups in total. The van der Waals surface area contributed by atoms with Gasteiger partial charge in [0.05, 0.1) is 0 Å². The highest BCUT2D eigenvalue weighted by molar-refractivity contribution is 7.90. The second-order valence-corrected chi connectivity index (χ2v) is 6.36. The molecule has 0 aliphatic rings. The summed E-state index contributed by atoms with van der Waals surface area (Å²) >= 11 is 5.72. The van der Waals surface area contributed by atoms with Crippen molar-refractivity contribution in [2.24, 2.45) is 0 Å². The Morgan fingerprint density at radius 1 is 1.15 bits per heavy atom. The minimum Gasteiger partial charge on any atom is -0.254 e. The Morgan fingerprint density at radius 2 is 1.85 bits per heavy atom. The summed E-state index contributed by atoms with van der Waals surface area (Å²) in [4.78, 5) is 3.90. The number of hydrogen-bond donors (Lipinski definition) is 1. The van der Waals surface area contributed by atoms with E-state index in [1.807, 2.05) is 30.3 Å². The van der Waals surface area contributed by atoms with Crippen molar-refractivity contribution >= 4 is 27.6 Å². The molecule has 106 valence electrons. The standard InChI is InChI=1S/C13H14ClN3O2S/c1-17(10-11-6-3-2-4-7-11)20(18,19)16-13-9-5-8-12(14)15-13/h2-9H,10H2,1H3,(H,15,16). The normalized spacial score (nSPS) is 11.6. The largest absolute Gasteiger partial charge is 0.302 e. The summed E-state index contributed by atoms with van der Waals surface area (Å²) in [5.41, 5.74) is 0.902. The molecule has 0 atom stereocenters. The molecule has 2 aromatic rings. The lowest BCUT2D eigenvalue weighted by Gasteiger charge is -2.18. The number of pyridine rings is 1. The van der Waals surface area contributed by atoms with Crippen LogP contribution >= 0.6 is 11.6 Å². The predicted molar refractivity (Wildman–Crippen MR) is 79.7 cm³/mol. The van der Waals surface area contributed by atoms with E-state index in [0.29, 0.717) is 0 Å². The molecule has 0 aliphatic heterocycles. The van der Waals surface area contributed by atoms with E-state index in [1.54, 1.807) is 18.2 Å². The molecule has 0 fully saturated rings. The van der Waals surface area contributed by atoms with Crippen molar-refractivity contribution in [1.29, 1.82) is 0 Å². The molecule has 0 unspecified atom stereocenters. The van der Waals surface area contributed by atoms with E-state index in [0.717, 1.165) is 5.56 Å². The van der Waals surface area contributed by atoms with Crippen LogP contribution in [-0.2, 0) is 16.8 Å². The summed E-state index contributed by atoms with van der Waals surface area (Å²) in [6.07, 6.45) is 0. The van der Waals surface area contributed by atoms with Crippen molar-refractivity contribution in [3.8, 4) is 0 Å². The summed E-state index contributed by atoms with van der Waals surface area (Å²) in [7, 11) is -2.17. The Labute approximate surface area is 123 Å². The van der Waals surface area contributed by atoms with E-state index >= 15 is 0 Å². The van der Waals surface area contributed by atoms with E-state index < -0.39 is 10.2 Å². The number of nitrogens with one attached hydrogen (secondary N) is 1. The van der Waals surface area contributed by atoms with Gasteiger partial charge in [-0.2, -0.15) is 12.7 Å². The van der Waals surface area contributed by atoms with Gasteiger partial charge >= 0.3 is 10.2 Å². The topological polar surface area (TPSA) is 62.3 Å². The van der Waals surface area contributed by atoms with Gasteiger partial charge in [-0.15, -0.1) is 0 Å². The highest BCUT2D eigenvalue weighted by Crippen LogP contribution is 2.13. The van der Waals surface area contributed by atoms with Gasteiger partial charge in [0, 0.05) is 13.6 Å². The summed E-state index contributed by atoms with van der Waals surface area (Å²) in [5.74, 6) is 0.192. The number of halogens is 1. The van der Waals surface area contributed by atoms with Crippen molar-refractivity contribution in [3.63, 3.8) is 0 Å². The number of hydrogen-bond acceptors (Lipinski definition) is 3. The van der Waals surface area contributed by atoms with Crippen molar-refractivity contribution in [2.45, 2.75) is 6.54 Å². The first-order chi connectivity index (χ1) is 9.47. The average molecular weight is 312 g/mol. The molecular formula is C13H14ClN3O2S. The number of anilines is 1. The van der Waals surface area contributed by atoms with Gasteiger partial charge in [-0.3, -0.25) is 4.72 Å². The van der Waals surface area contributed by atoms with Crippen molar-refractivity contribution < 1.29 is 8.42 Å². The molecule has 20 heavy (non-hydrogen) atoms. The summed E-state index contributed by atoms with van der Waals surface area (Å²) in [6.45, 7) is 0.275. The summed E-state index contributed by atoms with van der Waals surface area (Å²) in [6, 6.07) is 14.1. The van der Waals surface area contributed by atoms with Crippen LogP contribution in [-0.4, -0.2) is 24.8 Å². The number of benzene rings is 1. The minimum absolute atomic E-state index is 0.192. The molecule has 5 nitrogen and oxygen atoms in total. The molecule has 1 aromatic heterocycles. The molecule has 0 bridgehead atoms. The van der Waals surface area contributed by atoms with E-state index in [2.05, 4.69) is 9.71 Å². The van der Waals surface area contributed by atoms with Crippen molar-refractivity contribution in [3.05, 3.63) is 59.2 Å². The maximum Gasteiger partial charge on any atom is 0.302 e. The van der Waals surface area contributed by atoms with Crippen LogP contribution in [0.15, 0.2) is 48.5 Å². The Bertz CT molecular complexity index is 677. The Kier molecular flexibility index (Phi) is 4.59. The van der Waals surface area contributed by atoms with Crippen LogP contribution in [0.25, 0.3) is 0 Å². The van der Waals surface area contributed by atoms with Gasteiger partial charge in [0.25, 0.3) is 0 Å². The highest BCUT2D eigenvalue weighted by Gasteiger charge is 2.18. The van der Waals surface area contributed by atoms with E-state index in [1.165, 1.54) is 11.4 Å². The van der Waals surface area contributed by atoms with Crippen LogP contribution in [0.2, 0.25) is 5.15 Å². The second kappa shape index (κ2) is 6.21. The van der Waals surface area contributed by atoms with E-state index in [9.17, 15) is 8.42 Å². The summed E-state index contributed by atoms with van der Waals surface area (Å²) in [5, 5.41) is 0.232. The van der Waals surface area contributed by atoms with Crippen LogP contribution in [0, 0.1) is 0 Å². The quantitative estimate of drug-likeness (QED) is 0.863. The fourth-order valence-corrected chi connectivity index (χ4v) is 2.62. The van der Waals surface area contributed by atoms with E-state index in [4.69, 9.17) is 11.6 Å². The molecule has 0 radical (unpaired) electrons. The van der Waals surface area contributed by atoms with Crippen LogP contribution in [0.5, 0.6) is 0 Å². The SMILES string of the molecule is CN(Cc1ccccc1)S(=O)(=O)Nc1cccc(Cl)n1. The van der Waals surface area contributed by atoms with Gasteiger partial charge < -0.3 is 0 Å². The van der Waals surface area contributed by atoms with Crippen LogP contribution < -0.4 is 4.72 Å². The Balaban J connectivity index is 2.10. The maximum atomic E-state index is 12.1. The van der Waals surface area contributed by atoms with Crippen LogP contribution in [0.1, 0.15) is 5.56 Å². The fourth-order valence-electron chi connectivity index (χ4n) is 1.60. The molecule has 0 saturated heterocycles. The fraction of sp³-hybridized carbons (Fsp3) is 0.154. The zero-order valence-corrected chi connectivity index (χ0v) is 12.4. The monoisotopic (exact) mass is 311 g/mol. The molecule has 2 rings (SSSR count). The van der Waals surface area contributed by atoms with Crippen LogP contribution in [0.3, 0.4) is 0 Å². The third-order valence-electron chi connectivity index (χ3n) is 2.61. The molecule has 1 heterocycles. The molecule has 0 amide bonds. The second-order valence-electron chi connectivity index (χ2n) is 4.19. The smallest absolute Gasteiger partial charge is 0.254 e. The van der Waals surface area contributed by atoms with Crippen LogP contribution in [0.4, 0.5) is 5.82 Å². The first-order valence-electron chi connectivity index (χ1n) is 5.88. The molecule has 0 spiro atoms. The molecule has 7 heteroatoms. The minimum atomic E-state index is -3.67. The molecule has 0 saturated carbocycles. The Hall–Kier alpha value is -1.63. The van der Waals surface area contributed by atoms with Gasteiger partial charge in [0.15, 0.2) is 0 Å². The lowest BCUT2D eigenvalue weighted by atomic mass is 10.2. The predicted octanol–water partition coefficient (Wildman–Crippen LogP) is 2.52. The zero-order valence-electron chi connectivity index (χ0n) is 10.8. The highest BCUT2D eigenvalue weighted by atomic mass is 35.5. The third-order valence-corrected chi connectivity index (χ3v) is 4.23. The van der Waals surface area contributed by atoms with Gasteiger partial charge in [0.2, 0.25) is 0 Å². The number of aromatic nitrogens is 1. The first-order valence-corrected chi connectivity index (χ1v) is 7.70.